The molecule has 0 fully saturated rings. The third kappa shape index (κ3) is 4.53. The lowest BCUT2D eigenvalue weighted by Crippen LogP contribution is -2.56. The fourth-order valence-electron chi connectivity index (χ4n) is 12.9. The van der Waals surface area contributed by atoms with Crippen LogP contribution in [0.25, 0.3) is 76.6 Å². The Kier molecular flexibility index (Phi) is 6.62. The van der Waals surface area contributed by atoms with Gasteiger partial charge in [0.2, 0.25) is 0 Å². The first-order valence-corrected chi connectivity index (χ1v) is 23.2. The van der Waals surface area contributed by atoms with Crippen LogP contribution < -0.4 is 16.0 Å². The fraction of sp³-hybridized carbons (Fsp3) is 0.276. The van der Waals surface area contributed by atoms with E-state index in [4.69, 9.17) is 8.83 Å². The van der Waals surface area contributed by atoms with Crippen LogP contribution in [0.4, 0.5) is 17.1 Å². The average Bonchev–Trinajstić information content (AvgIpc) is 3.94. The van der Waals surface area contributed by atoms with Gasteiger partial charge in [0.05, 0.1) is 11.4 Å². The van der Waals surface area contributed by atoms with Crippen molar-refractivity contribution in [1.29, 1.82) is 0 Å². The first-order valence-electron chi connectivity index (χ1n) is 23.2. The van der Waals surface area contributed by atoms with Gasteiger partial charge in [0.25, 0.3) is 0 Å². The average molecular weight is 819 g/mol. The van der Waals surface area contributed by atoms with Gasteiger partial charge >= 0.3 is 6.85 Å². The lowest BCUT2D eigenvalue weighted by atomic mass is 9.47. The van der Waals surface area contributed by atoms with Crippen molar-refractivity contribution in [1.82, 2.24) is 4.48 Å². The molecule has 0 saturated carbocycles. The maximum absolute atomic E-state index is 7.64. The van der Waals surface area contributed by atoms with Crippen LogP contribution in [0.5, 0.6) is 0 Å². The highest BCUT2D eigenvalue weighted by molar-refractivity contribution is 6.90. The van der Waals surface area contributed by atoms with Gasteiger partial charge in [-0.2, -0.15) is 0 Å². The molecule has 0 spiro atoms. The van der Waals surface area contributed by atoms with Crippen LogP contribution in [0.15, 0.2) is 124 Å². The predicted molar refractivity (Wildman–Crippen MR) is 265 cm³/mol. The second-order valence-corrected chi connectivity index (χ2v) is 22.2. The summed E-state index contributed by atoms with van der Waals surface area (Å²) in [5, 5.41) is 8.49. The van der Waals surface area contributed by atoms with Gasteiger partial charge in [-0.05, 0) is 140 Å². The summed E-state index contributed by atoms with van der Waals surface area (Å²) in [4.78, 5) is 2.58. The molecule has 3 aromatic heterocycles. The predicted octanol–water partition coefficient (Wildman–Crippen LogP) is 14.7. The number of nitrogens with zero attached hydrogens (tertiary/aromatic N) is 2. The number of hydrogen-bond donors (Lipinski definition) is 0. The summed E-state index contributed by atoms with van der Waals surface area (Å²) in [7, 11) is 0. The quantitative estimate of drug-likeness (QED) is 0.155. The monoisotopic (exact) mass is 818 g/mol. The summed E-state index contributed by atoms with van der Waals surface area (Å²) in [5.74, 6) is 0. The standard InChI is InChI=1S/C58H51BN2O2/c1-55(2)22-23-56(3,4)43-28-34(20-21-42(43)55)60-51-41-30-44-45(58(7,8)25-24-57(44,5)6)31-48(41)63-54(51)59-49-39(29-40-35-16-11-12-19-47(35)62-53(40)52(49)60)37-18-13-17-36-38-26-32-14-9-10-15-33(32)27-46(38)61(59)50(36)37/h9-21,26-31H,22-25H2,1-8H3. The van der Waals surface area contributed by atoms with E-state index < -0.39 is 0 Å². The van der Waals surface area contributed by atoms with Gasteiger partial charge in [-0.3, -0.25) is 0 Å². The van der Waals surface area contributed by atoms with Crippen molar-refractivity contribution in [3.8, 4) is 11.1 Å². The Hall–Kier alpha value is -6.20. The molecule has 0 unspecified atom stereocenters. The number of rotatable bonds is 1. The van der Waals surface area contributed by atoms with Crippen LogP contribution in [0, 0.1) is 0 Å². The maximum atomic E-state index is 7.64. The summed E-state index contributed by atoms with van der Waals surface area (Å²) in [6, 6.07) is 44.0. The summed E-state index contributed by atoms with van der Waals surface area (Å²) in [6.45, 7) is 19.2. The zero-order valence-electron chi connectivity index (χ0n) is 37.6. The largest absolute Gasteiger partial charge is 0.466 e. The highest BCUT2D eigenvalue weighted by atomic mass is 16.3. The molecule has 2 aliphatic heterocycles. The van der Waals surface area contributed by atoms with Gasteiger partial charge in [0.15, 0.2) is 5.58 Å². The fourth-order valence-corrected chi connectivity index (χ4v) is 12.9. The minimum Gasteiger partial charge on any atom is -0.466 e. The maximum Gasteiger partial charge on any atom is 0.376 e. The Balaban J connectivity index is 1.20. The summed E-state index contributed by atoms with van der Waals surface area (Å²) >= 11 is 0. The Labute approximate surface area is 368 Å². The number of hydrogen-bond acceptors (Lipinski definition) is 3. The zero-order valence-corrected chi connectivity index (χ0v) is 37.6. The summed E-state index contributed by atoms with van der Waals surface area (Å²) in [6.07, 6.45) is 4.60. The zero-order chi connectivity index (χ0) is 42.7. The second kappa shape index (κ2) is 11.5. The minimum atomic E-state index is -0.242. The van der Waals surface area contributed by atoms with E-state index in [1.165, 1.54) is 83.2 Å². The van der Waals surface area contributed by atoms with Crippen LogP contribution in [-0.2, 0) is 21.7 Å². The van der Waals surface area contributed by atoms with E-state index >= 15 is 0 Å². The lowest BCUT2D eigenvalue weighted by molar-refractivity contribution is 0.332. The number of furan rings is 2. The summed E-state index contributed by atoms with van der Waals surface area (Å²) in [5.41, 5.74) is 19.3. The molecular weight excluding hydrogens is 767 g/mol. The molecule has 10 aromatic rings. The van der Waals surface area contributed by atoms with Gasteiger partial charge in [0.1, 0.15) is 16.8 Å². The van der Waals surface area contributed by atoms with Crippen LogP contribution in [-0.4, -0.2) is 11.3 Å². The smallest absolute Gasteiger partial charge is 0.376 e. The molecule has 2 aliphatic carbocycles. The first-order chi connectivity index (χ1) is 30.2. The minimum absolute atomic E-state index is 0.0226. The van der Waals surface area contributed by atoms with Crippen molar-refractivity contribution in [3.63, 3.8) is 0 Å². The molecule has 7 aromatic carbocycles. The molecule has 0 radical (unpaired) electrons. The molecule has 0 atom stereocenters. The Morgan fingerprint density at radius 2 is 1.13 bits per heavy atom. The van der Waals surface area contributed by atoms with E-state index in [0.717, 1.165) is 69.5 Å². The third-order valence-electron chi connectivity index (χ3n) is 16.6. The summed E-state index contributed by atoms with van der Waals surface area (Å²) < 4.78 is 17.5. The number of para-hydroxylation sites is 2. The van der Waals surface area contributed by atoms with E-state index in [1.54, 1.807) is 0 Å². The Morgan fingerprint density at radius 3 is 1.89 bits per heavy atom. The van der Waals surface area contributed by atoms with Crippen molar-refractivity contribution in [2.45, 2.75) is 103 Å². The van der Waals surface area contributed by atoms with E-state index in [1.807, 2.05) is 0 Å². The molecule has 0 amide bonds. The van der Waals surface area contributed by atoms with Crippen molar-refractivity contribution < 1.29 is 8.83 Å². The highest BCUT2D eigenvalue weighted by Gasteiger charge is 2.49. The SMILES string of the molecule is CC1(C)CCC(C)(C)c2cc(N3c4c(oc5cc6c(cc45)C(C)(C)CCC6(C)C)B4c5c(cc6c(oc7ccccc76)c53)-c3cccc5c6cc7ccccc7cc6n4c35)ccc21. The first kappa shape index (κ1) is 36.3. The Bertz CT molecular complexity index is 3720. The Morgan fingerprint density at radius 1 is 0.476 bits per heavy atom. The molecule has 308 valence electrons. The van der Waals surface area contributed by atoms with Crippen molar-refractivity contribution in [2.75, 3.05) is 4.90 Å². The van der Waals surface area contributed by atoms with Crippen LogP contribution in [0.2, 0.25) is 0 Å². The topological polar surface area (TPSA) is 34.5 Å². The van der Waals surface area contributed by atoms with E-state index in [0.29, 0.717) is 0 Å². The molecular formula is C58H51BN2O2. The van der Waals surface area contributed by atoms with Gasteiger partial charge in [0, 0.05) is 49.2 Å². The van der Waals surface area contributed by atoms with Gasteiger partial charge in [-0.15, -0.1) is 0 Å². The van der Waals surface area contributed by atoms with Crippen LogP contribution >= 0.6 is 0 Å². The third-order valence-corrected chi connectivity index (χ3v) is 16.6. The molecule has 5 heterocycles. The highest BCUT2D eigenvalue weighted by Crippen LogP contribution is 2.55. The van der Waals surface area contributed by atoms with Crippen LogP contribution in [0.1, 0.15) is 103 Å². The second-order valence-electron chi connectivity index (χ2n) is 22.2. The van der Waals surface area contributed by atoms with Gasteiger partial charge < -0.3 is 18.2 Å². The number of aromatic nitrogens is 1. The molecule has 0 bridgehead atoms. The molecule has 4 nitrogen and oxygen atoms in total. The number of fused-ring (bicyclic) bond motifs is 16. The van der Waals surface area contributed by atoms with Crippen molar-refractivity contribution >= 4 is 101 Å². The normalized spacial score (nSPS) is 18.7. The van der Waals surface area contributed by atoms with E-state index in [9.17, 15) is 0 Å². The molecule has 0 saturated heterocycles. The lowest BCUT2D eigenvalue weighted by Gasteiger charge is -2.43. The molecule has 5 heteroatoms. The van der Waals surface area contributed by atoms with Crippen molar-refractivity contribution in [3.05, 3.63) is 138 Å². The molecule has 0 N–H and O–H groups in total. The number of benzene rings is 7. The molecule has 63 heavy (non-hydrogen) atoms. The van der Waals surface area contributed by atoms with Crippen LogP contribution in [0.3, 0.4) is 0 Å². The van der Waals surface area contributed by atoms with Gasteiger partial charge in [-0.1, -0.05) is 122 Å². The molecule has 14 rings (SSSR count). The molecule has 4 aliphatic rings. The van der Waals surface area contributed by atoms with E-state index in [-0.39, 0.29) is 28.5 Å². The van der Waals surface area contributed by atoms with Gasteiger partial charge in [-0.25, -0.2) is 0 Å². The van der Waals surface area contributed by atoms with E-state index in [2.05, 4.69) is 180 Å². The number of anilines is 3. The van der Waals surface area contributed by atoms with Crippen molar-refractivity contribution in [2.24, 2.45) is 0 Å².